The van der Waals surface area contributed by atoms with Crippen molar-refractivity contribution in [3.05, 3.63) is 153 Å². The second kappa shape index (κ2) is 28.8. The topological polar surface area (TPSA) is 240 Å². The zero-order valence-electron chi connectivity index (χ0n) is 50.9. The van der Waals surface area contributed by atoms with Crippen LogP contribution in [0.4, 0.5) is 60.5 Å². The van der Waals surface area contributed by atoms with Crippen molar-refractivity contribution in [2.24, 2.45) is 0 Å². The summed E-state index contributed by atoms with van der Waals surface area (Å²) in [5.74, 6) is -5.18. The van der Waals surface area contributed by atoms with Gasteiger partial charge in [-0.05, 0) is 100.0 Å². The molecule has 4 aliphatic heterocycles. The van der Waals surface area contributed by atoms with Crippen LogP contribution in [0.3, 0.4) is 0 Å². The molecule has 0 aromatic heterocycles. The number of hydrogen-bond donors (Lipinski definition) is 2. The summed E-state index contributed by atoms with van der Waals surface area (Å²) in [6, 6.07) is 20.7. The number of carbonyl (C=O) groups excluding carboxylic acids is 7. The molecule has 4 heterocycles. The summed E-state index contributed by atoms with van der Waals surface area (Å²) >= 11 is 0. The number of carboxylic acid groups (broad SMARTS) is 1. The molecule has 0 spiro atoms. The predicted octanol–water partition coefficient (Wildman–Crippen LogP) is 5.84. The van der Waals surface area contributed by atoms with E-state index in [0.717, 1.165) is 56.0 Å². The van der Waals surface area contributed by atoms with E-state index >= 15 is 0 Å². The Balaban J connectivity index is 0.00000162. The van der Waals surface area contributed by atoms with Crippen molar-refractivity contribution in [2.75, 3.05) is 131 Å². The highest BCUT2D eigenvalue weighted by Gasteiger charge is 2.51. The molecule has 0 fully saturated rings. The first kappa shape index (κ1) is 69.9. The fourth-order valence-electron chi connectivity index (χ4n) is 11.0. The van der Waals surface area contributed by atoms with Gasteiger partial charge in [0.05, 0.1) is 121 Å². The summed E-state index contributed by atoms with van der Waals surface area (Å²) in [6.07, 6.45) is -14.0. The smallest absolute Gasteiger partial charge is 0.430 e. The Hall–Kier alpha value is -9.52. The van der Waals surface area contributed by atoms with Crippen LogP contribution >= 0.6 is 0 Å². The minimum atomic E-state index is -5.19. The Kier molecular flexibility index (Phi) is 21.9. The molecule has 0 radical (unpaired) electrons. The van der Waals surface area contributed by atoms with Crippen molar-refractivity contribution >= 4 is 53.0 Å². The molecule has 2 N–H and O–H groups in total. The van der Waals surface area contributed by atoms with Crippen molar-refractivity contribution < 1.29 is 82.7 Å². The fourth-order valence-corrected chi connectivity index (χ4v) is 11.0. The van der Waals surface area contributed by atoms with Gasteiger partial charge in [0.1, 0.15) is 19.1 Å². The molecule has 2 atom stereocenters. The first-order chi connectivity index (χ1) is 43.1. The molecule has 0 saturated heterocycles. The van der Waals surface area contributed by atoms with Gasteiger partial charge in [0.25, 0.3) is 11.8 Å². The monoisotopic (exact) mass is 1290 g/mol. The molecular formula is C62H66F9N13O8. The molecule has 490 valence electrons. The number of nitrogens with zero attached hydrogens (tertiary/aromatic N) is 11. The summed E-state index contributed by atoms with van der Waals surface area (Å²) in [5, 5.41) is 33.6. The maximum atomic E-state index is 14.9. The van der Waals surface area contributed by atoms with Gasteiger partial charge in [0, 0.05) is 52.1 Å². The quantitative estimate of drug-likeness (QED) is 0.0698. The van der Waals surface area contributed by atoms with E-state index in [-0.39, 0.29) is 84.3 Å². The molecule has 30 heteroatoms. The number of urea groups is 2. The van der Waals surface area contributed by atoms with Crippen LogP contribution in [-0.2, 0) is 36.3 Å². The minimum Gasteiger partial charge on any atom is -0.542 e. The van der Waals surface area contributed by atoms with Gasteiger partial charge in [-0.3, -0.25) is 29.0 Å². The molecule has 0 aliphatic carbocycles. The lowest BCUT2D eigenvalue weighted by Gasteiger charge is -2.41. The molecule has 21 nitrogen and oxygen atoms in total. The molecule has 4 aromatic rings. The van der Waals surface area contributed by atoms with Crippen LogP contribution in [0.5, 0.6) is 0 Å². The fraction of sp³-hybridized carbons (Fsp3) is 0.403. The van der Waals surface area contributed by atoms with Gasteiger partial charge >= 0.3 is 30.6 Å². The summed E-state index contributed by atoms with van der Waals surface area (Å²) in [7, 11) is 11.1. The van der Waals surface area contributed by atoms with Crippen molar-refractivity contribution in [1.29, 1.82) is 10.5 Å². The number of hydrogen-bond acceptors (Lipinski definition) is 12. The summed E-state index contributed by atoms with van der Waals surface area (Å²) < 4.78 is 117. The van der Waals surface area contributed by atoms with Crippen molar-refractivity contribution in [3.8, 4) is 12.1 Å². The van der Waals surface area contributed by atoms with Crippen LogP contribution in [0.2, 0.25) is 0 Å². The number of halogens is 9. The zero-order valence-corrected chi connectivity index (χ0v) is 50.9. The first-order valence-electron chi connectivity index (χ1n) is 28.7. The predicted molar refractivity (Wildman–Crippen MR) is 312 cm³/mol. The normalized spacial score (nSPS) is 17.1. The lowest BCUT2D eigenvalue weighted by molar-refractivity contribution is -0.890. The SMILES string of the molecule is CN(C)CCNC(=O)CN1C(=O)N(c2cccc(C(F)(F)F)c2)C2=C(C(=O)N(CCC[N+](C)(C)CCCN3CC4=C(C3=O)[C@@H](c3ccc(C#N)cc3)N(CC(=O)NCCN(C)C)C(=O)N4c3cccc(C(F)(F)F)c3)C2)[C@H]1c1ccc(C#N)cc1.O=C([O-])C(F)(F)F. The lowest BCUT2D eigenvalue weighted by Crippen LogP contribution is -2.53. The molecule has 4 aromatic carbocycles. The maximum Gasteiger partial charge on any atom is 0.430 e. The van der Waals surface area contributed by atoms with Crippen LogP contribution in [0, 0.1) is 22.7 Å². The van der Waals surface area contributed by atoms with Gasteiger partial charge in [-0.25, -0.2) is 9.59 Å². The van der Waals surface area contributed by atoms with Crippen molar-refractivity contribution in [2.45, 2.75) is 43.5 Å². The molecule has 4 aliphatic rings. The van der Waals surface area contributed by atoms with E-state index in [2.05, 4.69) is 10.6 Å². The average molecular weight is 1290 g/mol. The van der Waals surface area contributed by atoms with Gasteiger partial charge in [-0.2, -0.15) is 50.0 Å². The van der Waals surface area contributed by atoms with Crippen LogP contribution in [-0.4, -0.2) is 203 Å². The van der Waals surface area contributed by atoms with E-state index < -0.39 is 96.5 Å². The number of anilines is 2. The van der Waals surface area contributed by atoms with Crippen LogP contribution < -0.4 is 25.5 Å². The number of rotatable bonds is 22. The first-order valence-corrected chi connectivity index (χ1v) is 28.7. The minimum absolute atomic E-state index is 0.0734. The number of quaternary nitrogens is 1. The standard InChI is InChI=1S/C60H65F6N13O6.C2HF3O2/c1-71(2)27-23-69-49(80)37-75-53(41-19-15-39(33-67)16-20-41)51-47(77(57(75)84)45-13-7-11-43(31-45)59(61,62)63)35-73(55(51)82)25-9-29-79(5,6)30-10-26-74-36-48-52(56(74)83)54(42-21-17-40(34-68)18-22-42)76(38-50(81)70-24-28-72(3)4)58(85)78(48)46-14-8-12-44(32-46)60(64,65)66;3-2(4,5)1(6)7/h7-8,11-22,31-32,53-54H,9-10,23-30,35-38H2,1-6H3,(H-,69,70,80,81);(H,6,7)/t53-,54-;/m1./s1. The van der Waals surface area contributed by atoms with Crippen molar-refractivity contribution in [1.82, 2.24) is 40.0 Å². The summed E-state index contributed by atoms with van der Waals surface area (Å²) in [4.78, 5) is 107. The molecule has 92 heavy (non-hydrogen) atoms. The second-order valence-corrected chi connectivity index (χ2v) is 23.2. The number of likely N-dealkylation sites (N-methyl/N-ethyl adjacent to an activating group) is 2. The Morgan fingerprint density at radius 2 is 0.935 bits per heavy atom. The van der Waals surface area contributed by atoms with Gasteiger partial charge in [-0.15, -0.1) is 0 Å². The van der Waals surface area contributed by atoms with Gasteiger partial charge < -0.3 is 54.4 Å². The Morgan fingerprint density at radius 3 is 1.24 bits per heavy atom. The molecule has 0 bridgehead atoms. The Morgan fingerprint density at radius 1 is 0.587 bits per heavy atom. The number of aliphatic carboxylic acids is 1. The third-order valence-electron chi connectivity index (χ3n) is 15.5. The second-order valence-electron chi connectivity index (χ2n) is 23.2. The highest BCUT2D eigenvalue weighted by molar-refractivity contribution is 6.09. The number of benzene rings is 4. The third-order valence-corrected chi connectivity index (χ3v) is 15.5. The molecule has 8 amide bonds. The van der Waals surface area contributed by atoms with Crippen LogP contribution in [0.15, 0.2) is 120 Å². The summed E-state index contributed by atoms with van der Waals surface area (Å²) in [5.41, 5.74) is -0.642. The lowest BCUT2D eigenvalue weighted by atomic mass is 9.92. The highest BCUT2D eigenvalue weighted by atomic mass is 19.4. The third kappa shape index (κ3) is 16.7. The largest absolute Gasteiger partial charge is 0.542 e. The highest BCUT2D eigenvalue weighted by Crippen LogP contribution is 2.46. The van der Waals surface area contributed by atoms with Crippen molar-refractivity contribution in [3.63, 3.8) is 0 Å². The number of nitriles is 2. The number of nitrogens with one attached hydrogen (secondary N) is 2. The number of alkyl halides is 9. The average Bonchev–Trinajstić information content (AvgIpc) is 1.48. The number of carbonyl (C=O) groups is 7. The molecular weight excluding hydrogens is 1230 g/mol. The van der Waals surface area contributed by atoms with Gasteiger partial charge in [-0.1, -0.05) is 36.4 Å². The Labute approximate surface area is 523 Å². The zero-order chi connectivity index (χ0) is 67.8. The summed E-state index contributed by atoms with van der Waals surface area (Å²) in [6.45, 7) is 1.05. The Bertz CT molecular complexity index is 3380. The van der Waals surface area contributed by atoms with Gasteiger partial charge in [0.15, 0.2) is 0 Å². The number of carboxylic acids is 1. The van der Waals surface area contributed by atoms with Crippen LogP contribution in [0.1, 0.15) is 58.3 Å². The van der Waals surface area contributed by atoms with E-state index in [1.54, 1.807) is 24.3 Å². The van der Waals surface area contributed by atoms with Crippen LogP contribution in [0.25, 0.3) is 0 Å². The van der Waals surface area contributed by atoms with Gasteiger partial charge in [0.2, 0.25) is 11.8 Å². The van der Waals surface area contributed by atoms with E-state index in [1.165, 1.54) is 46.2 Å². The molecule has 0 saturated carbocycles. The molecule has 8 rings (SSSR count). The number of amides is 8. The van der Waals surface area contributed by atoms with E-state index in [4.69, 9.17) is 9.90 Å². The van der Waals surface area contributed by atoms with E-state index in [9.17, 15) is 78.8 Å². The molecule has 0 unspecified atom stereocenters. The maximum absolute atomic E-state index is 14.9. The van der Waals surface area contributed by atoms with E-state index in [0.29, 0.717) is 54.6 Å². The van der Waals surface area contributed by atoms with E-state index in [1.807, 2.05) is 64.2 Å².